The van der Waals surface area contributed by atoms with Crippen LogP contribution in [0.4, 0.5) is 13.2 Å². The highest BCUT2D eigenvalue weighted by atomic mass is 19.4. The number of alkyl halides is 3. The molecule has 0 saturated heterocycles. The maximum atomic E-state index is 12.5. The molecule has 1 aliphatic carbocycles. The summed E-state index contributed by atoms with van der Waals surface area (Å²) in [4.78, 5) is 0. The molecule has 3 heteroatoms. The molecule has 12 heavy (non-hydrogen) atoms. The summed E-state index contributed by atoms with van der Waals surface area (Å²) < 4.78 is 37.5. The van der Waals surface area contributed by atoms with E-state index in [1.165, 1.54) is 6.92 Å². The maximum absolute atomic E-state index is 12.5. The first kappa shape index (κ1) is 9.87. The zero-order chi connectivity index (χ0) is 9.62. The van der Waals surface area contributed by atoms with Gasteiger partial charge in [-0.1, -0.05) is 20.8 Å². The van der Waals surface area contributed by atoms with Crippen LogP contribution in [0.3, 0.4) is 0 Å². The minimum absolute atomic E-state index is 0.316. The van der Waals surface area contributed by atoms with Crippen molar-refractivity contribution in [2.45, 2.75) is 46.2 Å². The van der Waals surface area contributed by atoms with E-state index in [-0.39, 0.29) is 0 Å². The van der Waals surface area contributed by atoms with Gasteiger partial charge in [-0.3, -0.25) is 0 Å². The van der Waals surface area contributed by atoms with Crippen LogP contribution in [0.5, 0.6) is 0 Å². The van der Waals surface area contributed by atoms with Gasteiger partial charge < -0.3 is 0 Å². The molecule has 0 amide bonds. The van der Waals surface area contributed by atoms with Crippen molar-refractivity contribution in [2.24, 2.45) is 10.8 Å². The van der Waals surface area contributed by atoms with E-state index in [0.29, 0.717) is 19.3 Å². The Morgan fingerprint density at radius 3 is 1.67 bits per heavy atom. The molecule has 0 radical (unpaired) electrons. The van der Waals surface area contributed by atoms with Gasteiger partial charge in [-0.15, -0.1) is 0 Å². The molecule has 1 fully saturated rings. The summed E-state index contributed by atoms with van der Waals surface area (Å²) >= 11 is 0. The first-order valence-electron chi connectivity index (χ1n) is 4.40. The van der Waals surface area contributed by atoms with Gasteiger partial charge in [0.2, 0.25) is 0 Å². The Labute approximate surface area is 71.1 Å². The Morgan fingerprint density at radius 2 is 1.58 bits per heavy atom. The van der Waals surface area contributed by atoms with Crippen LogP contribution in [0.2, 0.25) is 0 Å². The van der Waals surface area contributed by atoms with Crippen LogP contribution in [0, 0.1) is 10.8 Å². The molecule has 0 aromatic rings. The highest BCUT2D eigenvalue weighted by Crippen LogP contribution is 2.73. The molecule has 1 atom stereocenters. The van der Waals surface area contributed by atoms with Crippen LogP contribution in [0.25, 0.3) is 0 Å². The lowest BCUT2D eigenvalue weighted by molar-refractivity contribution is -0.193. The third-order valence-electron chi connectivity index (χ3n) is 3.72. The van der Waals surface area contributed by atoms with Crippen LogP contribution in [-0.2, 0) is 0 Å². The Balaban J connectivity index is 2.81. The molecule has 0 spiro atoms. The second-order valence-corrected chi connectivity index (χ2v) is 3.99. The molecule has 1 aliphatic rings. The van der Waals surface area contributed by atoms with Crippen LogP contribution in [-0.4, -0.2) is 6.18 Å². The van der Waals surface area contributed by atoms with E-state index < -0.39 is 17.0 Å². The number of rotatable bonds is 2. The average molecular weight is 180 g/mol. The van der Waals surface area contributed by atoms with Gasteiger partial charge in [0.25, 0.3) is 0 Å². The van der Waals surface area contributed by atoms with Crippen molar-refractivity contribution in [1.29, 1.82) is 0 Å². The Morgan fingerprint density at radius 1 is 1.17 bits per heavy atom. The van der Waals surface area contributed by atoms with Gasteiger partial charge in [-0.2, -0.15) is 13.2 Å². The van der Waals surface area contributed by atoms with Gasteiger partial charge in [0.1, 0.15) is 0 Å². The fraction of sp³-hybridized carbons (Fsp3) is 1.00. The summed E-state index contributed by atoms with van der Waals surface area (Å²) in [7, 11) is 0. The van der Waals surface area contributed by atoms with E-state index in [2.05, 4.69) is 0 Å². The first-order valence-corrected chi connectivity index (χ1v) is 4.40. The van der Waals surface area contributed by atoms with Gasteiger partial charge in [-0.05, 0) is 24.7 Å². The minimum Gasteiger partial charge on any atom is -0.170 e. The molecule has 0 heterocycles. The number of hydrogen-bond donors (Lipinski definition) is 0. The summed E-state index contributed by atoms with van der Waals surface area (Å²) in [5, 5.41) is 0. The molecule has 0 nitrogen and oxygen atoms in total. The summed E-state index contributed by atoms with van der Waals surface area (Å²) in [6.07, 6.45) is -2.42. The Kier molecular flexibility index (Phi) is 1.97. The predicted molar refractivity (Wildman–Crippen MR) is 41.8 cm³/mol. The molecule has 0 aromatic carbocycles. The number of halogens is 3. The summed E-state index contributed by atoms with van der Waals surface area (Å²) in [5.74, 6) is 0. The van der Waals surface area contributed by atoms with E-state index in [4.69, 9.17) is 0 Å². The van der Waals surface area contributed by atoms with Crippen molar-refractivity contribution in [1.82, 2.24) is 0 Å². The van der Waals surface area contributed by atoms with Crippen LogP contribution in [0.1, 0.15) is 40.0 Å². The van der Waals surface area contributed by atoms with Crippen molar-refractivity contribution in [2.75, 3.05) is 0 Å². The van der Waals surface area contributed by atoms with Gasteiger partial charge in [0.15, 0.2) is 0 Å². The monoisotopic (exact) mass is 180 g/mol. The molecule has 1 rings (SSSR count). The third kappa shape index (κ3) is 0.979. The highest BCUT2D eigenvalue weighted by Gasteiger charge is 2.74. The largest absolute Gasteiger partial charge is 0.394 e. The summed E-state index contributed by atoms with van der Waals surface area (Å²) in [6.45, 7) is 5.04. The van der Waals surface area contributed by atoms with Crippen LogP contribution < -0.4 is 0 Å². The molecule has 1 unspecified atom stereocenters. The SMILES string of the molecule is CCC1(CC)CC1(C)C(F)(F)F. The van der Waals surface area contributed by atoms with Gasteiger partial charge in [-0.25, -0.2) is 0 Å². The smallest absolute Gasteiger partial charge is 0.170 e. The molecule has 0 aliphatic heterocycles. The zero-order valence-corrected chi connectivity index (χ0v) is 7.76. The standard InChI is InChI=1S/C9H15F3/c1-4-8(5-2)6-7(8,3)9(10,11)12/h4-6H2,1-3H3. The lowest BCUT2D eigenvalue weighted by Gasteiger charge is -2.22. The molecular weight excluding hydrogens is 165 g/mol. The maximum Gasteiger partial charge on any atom is 0.394 e. The molecule has 1 saturated carbocycles. The highest BCUT2D eigenvalue weighted by molar-refractivity contribution is 5.14. The fourth-order valence-corrected chi connectivity index (χ4v) is 2.31. The van der Waals surface area contributed by atoms with Crippen molar-refractivity contribution in [3.05, 3.63) is 0 Å². The molecule has 0 aromatic heterocycles. The van der Waals surface area contributed by atoms with Crippen molar-refractivity contribution < 1.29 is 13.2 Å². The third-order valence-corrected chi connectivity index (χ3v) is 3.72. The van der Waals surface area contributed by atoms with E-state index in [1.54, 1.807) is 0 Å². The quantitative estimate of drug-likeness (QED) is 0.606. The molecule has 72 valence electrons. The number of hydrogen-bond acceptors (Lipinski definition) is 0. The molecule has 0 bridgehead atoms. The van der Waals surface area contributed by atoms with Crippen LogP contribution >= 0.6 is 0 Å². The van der Waals surface area contributed by atoms with Gasteiger partial charge in [0.05, 0.1) is 5.41 Å². The summed E-state index contributed by atoms with van der Waals surface area (Å²) in [5.41, 5.74) is -1.85. The molecule has 0 N–H and O–H groups in total. The lowest BCUT2D eigenvalue weighted by Crippen LogP contribution is -2.27. The summed E-state index contributed by atoms with van der Waals surface area (Å²) in [6, 6.07) is 0. The van der Waals surface area contributed by atoms with Crippen molar-refractivity contribution in [3.8, 4) is 0 Å². The van der Waals surface area contributed by atoms with E-state index in [1.807, 2.05) is 13.8 Å². The predicted octanol–water partition coefficient (Wildman–Crippen LogP) is 3.77. The van der Waals surface area contributed by atoms with Gasteiger partial charge >= 0.3 is 6.18 Å². The zero-order valence-electron chi connectivity index (χ0n) is 7.76. The second-order valence-electron chi connectivity index (χ2n) is 3.99. The average Bonchev–Trinajstić information content (AvgIpc) is 2.58. The van der Waals surface area contributed by atoms with Crippen molar-refractivity contribution >= 4 is 0 Å². The van der Waals surface area contributed by atoms with E-state index in [9.17, 15) is 13.2 Å². The minimum atomic E-state index is -4.01. The van der Waals surface area contributed by atoms with Crippen molar-refractivity contribution in [3.63, 3.8) is 0 Å². The van der Waals surface area contributed by atoms with E-state index >= 15 is 0 Å². The first-order chi connectivity index (χ1) is 5.33. The normalized spacial score (nSPS) is 33.5. The Hall–Kier alpha value is -0.210. The van der Waals surface area contributed by atoms with Crippen LogP contribution in [0.15, 0.2) is 0 Å². The Bertz CT molecular complexity index is 179. The topological polar surface area (TPSA) is 0 Å². The van der Waals surface area contributed by atoms with E-state index in [0.717, 1.165) is 0 Å². The second kappa shape index (κ2) is 2.39. The van der Waals surface area contributed by atoms with Gasteiger partial charge in [0, 0.05) is 0 Å². The fourth-order valence-electron chi connectivity index (χ4n) is 2.31. The lowest BCUT2D eigenvalue weighted by atomic mass is 9.89. The molecular formula is C9H15F3.